The number of Topliss-reactive ketones (excluding diaryl/α,β-unsaturated/α-hetero) is 1. The van der Waals surface area contributed by atoms with E-state index in [1.54, 1.807) is 0 Å². The Bertz CT molecular complexity index is 571. The molecule has 0 spiro atoms. The largest absolute Gasteiger partial charge is 0.294 e. The van der Waals surface area contributed by atoms with Gasteiger partial charge in [0.15, 0.2) is 5.78 Å². The molecule has 0 aromatic heterocycles. The zero-order valence-corrected chi connectivity index (χ0v) is 11.0. The van der Waals surface area contributed by atoms with E-state index in [1.807, 2.05) is 36.4 Å². The molecular formula is C18H18O. The average molecular weight is 250 g/mol. The van der Waals surface area contributed by atoms with Crippen molar-refractivity contribution < 1.29 is 4.79 Å². The number of ketones is 1. The number of benzene rings is 2. The van der Waals surface area contributed by atoms with Crippen LogP contribution in [0, 0.1) is 5.92 Å². The molecule has 0 bridgehead atoms. The highest BCUT2D eigenvalue weighted by Gasteiger charge is 2.25. The zero-order chi connectivity index (χ0) is 13.1. The molecule has 1 unspecified atom stereocenters. The van der Waals surface area contributed by atoms with Crippen molar-refractivity contribution in [2.24, 2.45) is 5.92 Å². The summed E-state index contributed by atoms with van der Waals surface area (Å²) in [7, 11) is 0. The number of aryl methyl sites for hydroxylation is 1. The Morgan fingerprint density at radius 3 is 2.53 bits per heavy atom. The summed E-state index contributed by atoms with van der Waals surface area (Å²) in [5, 5.41) is 0. The molecule has 0 heterocycles. The number of carbonyl (C=O) groups excluding carboxylic acids is 1. The van der Waals surface area contributed by atoms with E-state index in [9.17, 15) is 4.79 Å². The Hall–Kier alpha value is -1.89. The fraction of sp³-hybridized carbons (Fsp3) is 0.278. The zero-order valence-electron chi connectivity index (χ0n) is 11.0. The normalized spacial score (nSPS) is 18.7. The third-order valence-corrected chi connectivity index (χ3v) is 3.98. The first-order chi connectivity index (χ1) is 9.34. The fourth-order valence-electron chi connectivity index (χ4n) is 2.96. The molecule has 96 valence electrons. The van der Waals surface area contributed by atoms with Gasteiger partial charge in [-0.3, -0.25) is 4.79 Å². The Balaban J connectivity index is 1.86. The Morgan fingerprint density at radius 2 is 1.68 bits per heavy atom. The molecule has 1 nitrogen and oxygen atoms in total. The number of carbonyl (C=O) groups is 1. The lowest BCUT2D eigenvalue weighted by atomic mass is 9.89. The number of fused-ring (bicyclic) bond motifs is 1. The van der Waals surface area contributed by atoms with Crippen LogP contribution in [0.5, 0.6) is 0 Å². The predicted octanol–water partition coefficient (Wildman–Crippen LogP) is 4.06. The molecule has 3 rings (SSSR count). The molecule has 0 aliphatic heterocycles. The number of hydrogen-bond donors (Lipinski definition) is 0. The monoisotopic (exact) mass is 250 g/mol. The summed E-state index contributed by atoms with van der Waals surface area (Å²) in [4.78, 5) is 12.6. The van der Waals surface area contributed by atoms with Gasteiger partial charge in [0.25, 0.3) is 0 Å². The Kier molecular flexibility index (Phi) is 3.45. The number of hydrogen-bond acceptors (Lipinski definition) is 1. The van der Waals surface area contributed by atoms with E-state index in [0.29, 0.717) is 5.78 Å². The smallest absolute Gasteiger partial charge is 0.166 e. The van der Waals surface area contributed by atoms with E-state index < -0.39 is 0 Å². The minimum Gasteiger partial charge on any atom is -0.294 e. The third-order valence-electron chi connectivity index (χ3n) is 3.98. The first kappa shape index (κ1) is 12.2. The first-order valence-electron chi connectivity index (χ1n) is 7.00. The van der Waals surface area contributed by atoms with E-state index >= 15 is 0 Å². The molecule has 0 radical (unpaired) electrons. The minimum absolute atomic E-state index is 0.144. The van der Waals surface area contributed by atoms with Gasteiger partial charge in [0.05, 0.1) is 0 Å². The molecule has 0 saturated carbocycles. The Morgan fingerprint density at radius 1 is 0.947 bits per heavy atom. The minimum atomic E-state index is 0.144. The highest BCUT2D eigenvalue weighted by Crippen LogP contribution is 2.26. The molecule has 0 fully saturated rings. The van der Waals surface area contributed by atoms with Crippen molar-refractivity contribution in [2.45, 2.75) is 25.7 Å². The molecule has 1 aliphatic carbocycles. The highest BCUT2D eigenvalue weighted by molar-refractivity contribution is 5.99. The van der Waals surface area contributed by atoms with Gasteiger partial charge in [0.1, 0.15) is 0 Å². The molecule has 0 saturated heterocycles. The SMILES string of the molecule is O=C1c2ccccc2CCCC1Cc1ccccc1. The van der Waals surface area contributed by atoms with Crippen LogP contribution in [0.4, 0.5) is 0 Å². The maximum absolute atomic E-state index is 12.6. The van der Waals surface area contributed by atoms with Gasteiger partial charge in [0.2, 0.25) is 0 Å². The van der Waals surface area contributed by atoms with Gasteiger partial charge < -0.3 is 0 Å². The second-order valence-electron chi connectivity index (χ2n) is 5.30. The van der Waals surface area contributed by atoms with E-state index in [1.165, 1.54) is 11.1 Å². The molecule has 0 N–H and O–H groups in total. The van der Waals surface area contributed by atoms with E-state index in [4.69, 9.17) is 0 Å². The predicted molar refractivity (Wildman–Crippen MR) is 77.3 cm³/mol. The maximum atomic E-state index is 12.6. The van der Waals surface area contributed by atoms with Gasteiger partial charge in [-0.1, -0.05) is 54.6 Å². The average Bonchev–Trinajstić information content (AvgIpc) is 2.61. The van der Waals surface area contributed by atoms with Crippen molar-refractivity contribution in [3.8, 4) is 0 Å². The Labute approximate surface area is 114 Å². The van der Waals surface area contributed by atoms with Crippen molar-refractivity contribution in [2.75, 3.05) is 0 Å². The lowest BCUT2D eigenvalue weighted by molar-refractivity contribution is 0.0915. The van der Waals surface area contributed by atoms with Crippen LogP contribution in [0.15, 0.2) is 54.6 Å². The molecule has 1 aliphatic rings. The van der Waals surface area contributed by atoms with Crippen LogP contribution in [0.3, 0.4) is 0 Å². The quantitative estimate of drug-likeness (QED) is 0.734. The van der Waals surface area contributed by atoms with Crippen LogP contribution in [0.25, 0.3) is 0 Å². The summed E-state index contributed by atoms with van der Waals surface area (Å²) in [6.07, 6.45) is 4.02. The van der Waals surface area contributed by atoms with Gasteiger partial charge in [-0.15, -0.1) is 0 Å². The summed E-state index contributed by atoms with van der Waals surface area (Å²) >= 11 is 0. The maximum Gasteiger partial charge on any atom is 0.166 e. The van der Waals surface area contributed by atoms with Crippen LogP contribution >= 0.6 is 0 Å². The second kappa shape index (κ2) is 5.40. The van der Waals surface area contributed by atoms with E-state index in [-0.39, 0.29) is 5.92 Å². The van der Waals surface area contributed by atoms with Crippen molar-refractivity contribution in [3.63, 3.8) is 0 Å². The second-order valence-corrected chi connectivity index (χ2v) is 5.30. The molecule has 1 heteroatoms. The summed E-state index contributed by atoms with van der Waals surface area (Å²) in [6, 6.07) is 18.4. The molecular weight excluding hydrogens is 232 g/mol. The summed E-state index contributed by atoms with van der Waals surface area (Å²) in [5.41, 5.74) is 3.43. The molecule has 2 aromatic rings. The lowest BCUT2D eigenvalue weighted by Gasteiger charge is -2.13. The molecule has 1 atom stereocenters. The third kappa shape index (κ3) is 2.60. The lowest BCUT2D eigenvalue weighted by Crippen LogP contribution is -2.16. The van der Waals surface area contributed by atoms with Gasteiger partial charge in [-0.25, -0.2) is 0 Å². The summed E-state index contributed by atoms with van der Waals surface area (Å²) in [6.45, 7) is 0. The van der Waals surface area contributed by atoms with Gasteiger partial charge in [-0.05, 0) is 36.8 Å². The topological polar surface area (TPSA) is 17.1 Å². The first-order valence-corrected chi connectivity index (χ1v) is 7.00. The van der Waals surface area contributed by atoms with Crippen LogP contribution < -0.4 is 0 Å². The molecule has 2 aromatic carbocycles. The van der Waals surface area contributed by atoms with Crippen molar-refractivity contribution in [1.82, 2.24) is 0 Å². The van der Waals surface area contributed by atoms with Crippen LogP contribution in [0.2, 0.25) is 0 Å². The number of rotatable bonds is 2. The van der Waals surface area contributed by atoms with Crippen molar-refractivity contribution in [3.05, 3.63) is 71.3 Å². The van der Waals surface area contributed by atoms with Gasteiger partial charge in [0, 0.05) is 11.5 Å². The summed E-state index contributed by atoms with van der Waals surface area (Å²) < 4.78 is 0. The molecule has 0 amide bonds. The standard InChI is InChI=1S/C18H18O/c19-18-16(13-14-7-2-1-3-8-14)11-6-10-15-9-4-5-12-17(15)18/h1-5,7-9,12,16H,6,10-11,13H2. The van der Waals surface area contributed by atoms with Gasteiger partial charge in [-0.2, -0.15) is 0 Å². The van der Waals surface area contributed by atoms with Crippen molar-refractivity contribution in [1.29, 1.82) is 0 Å². The molecule has 19 heavy (non-hydrogen) atoms. The van der Waals surface area contributed by atoms with Crippen molar-refractivity contribution >= 4 is 5.78 Å². The van der Waals surface area contributed by atoms with Crippen LogP contribution in [-0.4, -0.2) is 5.78 Å². The van der Waals surface area contributed by atoms with E-state index in [0.717, 1.165) is 31.2 Å². The van der Waals surface area contributed by atoms with Crippen LogP contribution in [0.1, 0.15) is 34.3 Å². The summed E-state index contributed by atoms with van der Waals surface area (Å²) in [5.74, 6) is 0.475. The fourth-order valence-corrected chi connectivity index (χ4v) is 2.96. The van der Waals surface area contributed by atoms with E-state index in [2.05, 4.69) is 18.2 Å². The van der Waals surface area contributed by atoms with Crippen LogP contribution in [-0.2, 0) is 12.8 Å². The van der Waals surface area contributed by atoms with Gasteiger partial charge >= 0.3 is 0 Å². The highest BCUT2D eigenvalue weighted by atomic mass is 16.1.